The summed E-state index contributed by atoms with van der Waals surface area (Å²) in [6.45, 7) is 2.30. The average Bonchev–Trinajstić information content (AvgIpc) is 3.19. The lowest BCUT2D eigenvalue weighted by Gasteiger charge is -2.14. The second kappa shape index (κ2) is 4.07. The van der Waals surface area contributed by atoms with Gasteiger partial charge in [0.25, 0.3) is 10.1 Å². The van der Waals surface area contributed by atoms with Crippen molar-refractivity contribution >= 4 is 10.1 Å². The Kier molecular flexibility index (Phi) is 2.75. The monoisotopic (exact) mass is 266 g/mol. The molecule has 0 unspecified atom stereocenters. The van der Waals surface area contributed by atoms with E-state index >= 15 is 0 Å². The molecule has 0 bridgehead atoms. The van der Waals surface area contributed by atoms with E-state index in [4.69, 9.17) is 4.18 Å². The van der Waals surface area contributed by atoms with Crippen molar-refractivity contribution in [2.24, 2.45) is 11.3 Å². The molecule has 0 saturated heterocycles. The van der Waals surface area contributed by atoms with Crippen molar-refractivity contribution in [2.75, 3.05) is 6.61 Å². The van der Waals surface area contributed by atoms with E-state index in [0.29, 0.717) is 12.5 Å². The van der Waals surface area contributed by atoms with E-state index in [1.165, 1.54) is 12.8 Å². The van der Waals surface area contributed by atoms with Gasteiger partial charge in [-0.3, -0.25) is 4.18 Å². The molecule has 0 amide bonds. The predicted octanol–water partition coefficient (Wildman–Crippen LogP) is 2.89. The van der Waals surface area contributed by atoms with Crippen LogP contribution in [0.25, 0.3) is 0 Å². The Labute approximate surface area is 108 Å². The molecule has 0 N–H and O–H groups in total. The Morgan fingerprint density at radius 3 is 2.33 bits per heavy atom. The first kappa shape index (κ1) is 12.2. The van der Waals surface area contributed by atoms with E-state index in [1.807, 2.05) is 6.92 Å². The van der Waals surface area contributed by atoms with Crippen LogP contribution in [0, 0.1) is 18.3 Å². The summed E-state index contributed by atoms with van der Waals surface area (Å²) in [6, 6.07) is 6.82. The maximum atomic E-state index is 12.0. The largest absolute Gasteiger partial charge is 0.296 e. The first-order valence-electron chi connectivity index (χ1n) is 6.48. The zero-order chi connectivity index (χ0) is 12.8. The lowest BCUT2D eigenvalue weighted by atomic mass is 10.0. The van der Waals surface area contributed by atoms with Crippen molar-refractivity contribution in [1.82, 2.24) is 0 Å². The number of rotatable bonds is 5. The minimum atomic E-state index is -3.58. The third-order valence-electron chi connectivity index (χ3n) is 4.15. The molecular formula is C14H18O3S. The summed E-state index contributed by atoms with van der Waals surface area (Å²) in [5, 5.41) is 0. The van der Waals surface area contributed by atoms with E-state index in [9.17, 15) is 8.42 Å². The van der Waals surface area contributed by atoms with Crippen LogP contribution in [-0.4, -0.2) is 15.0 Å². The van der Waals surface area contributed by atoms with Crippen LogP contribution >= 0.6 is 0 Å². The number of hydrogen-bond donors (Lipinski definition) is 0. The summed E-state index contributed by atoms with van der Waals surface area (Å²) >= 11 is 0. The van der Waals surface area contributed by atoms with Crippen molar-refractivity contribution in [2.45, 2.75) is 37.5 Å². The van der Waals surface area contributed by atoms with E-state index in [2.05, 4.69) is 0 Å². The number of aryl methyl sites for hydroxylation is 1. The number of hydrogen-bond acceptors (Lipinski definition) is 3. The lowest BCUT2D eigenvalue weighted by molar-refractivity contribution is 0.220. The van der Waals surface area contributed by atoms with Crippen LogP contribution in [0.15, 0.2) is 29.2 Å². The Bertz CT molecular complexity index is 537. The summed E-state index contributed by atoms with van der Waals surface area (Å²) in [6.07, 6.45) is 4.74. The topological polar surface area (TPSA) is 43.4 Å². The van der Waals surface area contributed by atoms with Gasteiger partial charge in [0.2, 0.25) is 0 Å². The van der Waals surface area contributed by atoms with E-state index in [1.54, 1.807) is 24.3 Å². The van der Waals surface area contributed by atoms with Crippen LogP contribution in [0.4, 0.5) is 0 Å². The van der Waals surface area contributed by atoms with Gasteiger partial charge >= 0.3 is 0 Å². The Morgan fingerprint density at radius 2 is 1.83 bits per heavy atom. The molecule has 0 spiro atoms. The highest BCUT2D eigenvalue weighted by molar-refractivity contribution is 7.86. The maximum absolute atomic E-state index is 12.0. The minimum absolute atomic E-state index is 0.192. The zero-order valence-corrected chi connectivity index (χ0v) is 11.4. The normalized spacial score (nSPS) is 21.8. The summed E-state index contributed by atoms with van der Waals surface area (Å²) in [7, 11) is -3.58. The molecule has 2 fully saturated rings. The fourth-order valence-electron chi connectivity index (χ4n) is 2.49. The molecule has 3 nitrogen and oxygen atoms in total. The lowest BCUT2D eigenvalue weighted by Crippen LogP contribution is -2.17. The first-order valence-corrected chi connectivity index (χ1v) is 7.89. The van der Waals surface area contributed by atoms with Gasteiger partial charge in [0.05, 0.1) is 11.5 Å². The highest BCUT2D eigenvalue weighted by Gasteiger charge is 2.54. The zero-order valence-electron chi connectivity index (χ0n) is 10.6. The molecular weight excluding hydrogens is 248 g/mol. The molecule has 1 aromatic carbocycles. The van der Waals surface area contributed by atoms with Gasteiger partial charge in [0.1, 0.15) is 0 Å². The fraction of sp³-hybridized carbons (Fsp3) is 0.571. The van der Waals surface area contributed by atoms with Crippen LogP contribution in [0.5, 0.6) is 0 Å². The van der Waals surface area contributed by atoms with Gasteiger partial charge in [-0.2, -0.15) is 8.42 Å². The molecule has 2 aliphatic rings. The highest BCUT2D eigenvalue weighted by atomic mass is 32.2. The average molecular weight is 266 g/mol. The molecule has 2 aliphatic carbocycles. The van der Waals surface area contributed by atoms with Gasteiger partial charge in [-0.15, -0.1) is 0 Å². The molecule has 0 heterocycles. The predicted molar refractivity (Wildman–Crippen MR) is 68.7 cm³/mol. The van der Waals surface area contributed by atoms with Gasteiger partial charge in [-0.1, -0.05) is 17.7 Å². The molecule has 98 valence electrons. The van der Waals surface area contributed by atoms with Crippen molar-refractivity contribution in [3.8, 4) is 0 Å². The van der Waals surface area contributed by atoms with Gasteiger partial charge in [-0.05, 0) is 56.1 Å². The minimum Gasteiger partial charge on any atom is -0.266 e. The number of benzene rings is 1. The summed E-state index contributed by atoms with van der Waals surface area (Å²) in [5.74, 6) is 0.714. The summed E-state index contributed by atoms with van der Waals surface area (Å²) in [5.41, 5.74) is 1.24. The fourth-order valence-corrected chi connectivity index (χ4v) is 3.49. The highest BCUT2D eigenvalue weighted by Crippen LogP contribution is 2.61. The molecule has 4 heteroatoms. The van der Waals surface area contributed by atoms with Crippen LogP contribution in [0.2, 0.25) is 0 Å². The molecule has 0 radical (unpaired) electrons. The molecule has 1 aromatic rings. The van der Waals surface area contributed by atoms with Gasteiger partial charge < -0.3 is 0 Å². The second-order valence-corrected chi connectivity index (χ2v) is 7.28. The summed E-state index contributed by atoms with van der Waals surface area (Å²) in [4.78, 5) is 0.264. The van der Waals surface area contributed by atoms with E-state index in [0.717, 1.165) is 18.4 Å². The molecule has 0 aliphatic heterocycles. The summed E-state index contributed by atoms with van der Waals surface area (Å²) < 4.78 is 29.3. The van der Waals surface area contributed by atoms with Crippen molar-refractivity contribution < 1.29 is 12.6 Å². The molecule has 0 atom stereocenters. The van der Waals surface area contributed by atoms with Crippen LogP contribution in [0.3, 0.4) is 0 Å². The maximum Gasteiger partial charge on any atom is 0.296 e. The molecule has 3 rings (SSSR count). The Morgan fingerprint density at radius 1 is 1.22 bits per heavy atom. The van der Waals surface area contributed by atoms with Crippen molar-refractivity contribution in [3.05, 3.63) is 29.8 Å². The van der Waals surface area contributed by atoms with Crippen molar-refractivity contribution in [3.63, 3.8) is 0 Å². The third kappa shape index (κ3) is 2.31. The van der Waals surface area contributed by atoms with E-state index in [-0.39, 0.29) is 10.3 Å². The standard InChI is InChI=1S/C14H18O3S/c1-11-2-6-13(7-3-11)18(15,16)17-10-14(8-9-14)12-4-5-12/h2-3,6-7,12H,4-5,8-10H2,1H3. The van der Waals surface area contributed by atoms with Crippen molar-refractivity contribution in [1.29, 1.82) is 0 Å². The molecule has 18 heavy (non-hydrogen) atoms. The smallest absolute Gasteiger partial charge is 0.266 e. The molecule has 0 aromatic heterocycles. The quantitative estimate of drug-likeness (QED) is 0.770. The SMILES string of the molecule is Cc1ccc(S(=O)(=O)OCC2(C3CC3)CC2)cc1. The van der Waals surface area contributed by atoms with Gasteiger partial charge in [0.15, 0.2) is 0 Å². The Hall–Kier alpha value is -0.870. The van der Waals surface area contributed by atoms with Crippen LogP contribution in [0.1, 0.15) is 31.2 Å². The Balaban J connectivity index is 1.69. The van der Waals surface area contributed by atoms with Gasteiger partial charge in [0, 0.05) is 0 Å². The van der Waals surface area contributed by atoms with Gasteiger partial charge in [-0.25, -0.2) is 0 Å². The van der Waals surface area contributed by atoms with E-state index < -0.39 is 10.1 Å². The third-order valence-corrected chi connectivity index (χ3v) is 5.42. The second-order valence-electron chi connectivity index (χ2n) is 5.67. The molecule has 2 saturated carbocycles. The van der Waals surface area contributed by atoms with Crippen LogP contribution < -0.4 is 0 Å². The van der Waals surface area contributed by atoms with Crippen LogP contribution in [-0.2, 0) is 14.3 Å². The first-order chi connectivity index (χ1) is 8.52.